The summed E-state index contributed by atoms with van der Waals surface area (Å²) in [5.41, 5.74) is 0. The molecule has 0 N–H and O–H groups in total. The summed E-state index contributed by atoms with van der Waals surface area (Å²) < 4.78 is 51.0. The van der Waals surface area contributed by atoms with Crippen LogP contribution in [0.2, 0.25) is 0 Å². The molecule has 0 aromatic rings. The van der Waals surface area contributed by atoms with Gasteiger partial charge in [0.2, 0.25) is 5.83 Å². The fourth-order valence-electron chi connectivity index (χ4n) is 1.64. The first-order valence-electron chi connectivity index (χ1n) is 3.65. The van der Waals surface area contributed by atoms with E-state index in [9.17, 15) is 17.6 Å². The normalized spacial score (nSPS) is 37.7. The van der Waals surface area contributed by atoms with Crippen LogP contribution in [0.15, 0.2) is 23.8 Å². The van der Waals surface area contributed by atoms with Crippen molar-refractivity contribution in [3.63, 3.8) is 0 Å². The van der Waals surface area contributed by atoms with Gasteiger partial charge in [-0.05, 0) is 6.42 Å². The van der Waals surface area contributed by atoms with Crippen molar-refractivity contribution in [2.24, 2.45) is 11.8 Å². The minimum absolute atomic E-state index is 0.00769. The van der Waals surface area contributed by atoms with Gasteiger partial charge in [-0.2, -0.15) is 8.78 Å². The van der Waals surface area contributed by atoms with Crippen molar-refractivity contribution in [1.29, 1.82) is 0 Å². The van der Waals surface area contributed by atoms with Crippen LogP contribution >= 0.6 is 0 Å². The van der Waals surface area contributed by atoms with E-state index in [0.717, 1.165) is 0 Å². The summed E-state index contributed by atoms with van der Waals surface area (Å²) in [4.78, 5) is 0. The SMILES string of the molecule is FC1=C(F)C(F)(F)C2C=CC1C2. The van der Waals surface area contributed by atoms with E-state index in [1.54, 1.807) is 0 Å². The van der Waals surface area contributed by atoms with Crippen molar-refractivity contribution in [3.05, 3.63) is 23.8 Å². The maximum Gasteiger partial charge on any atom is 0.307 e. The molecule has 2 aliphatic rings. The highest BCUT2D eigenvalue weighted by Gasteiger charge is 2.52. The van der Waals surface area contributed by atoms with Crippen LogP contribution in [-0.2, 0) is 0 Å². The van der Waals surface area contributed by atoms with Gasteiger partial charge in [0.15, 0.2) is 0 Å². The molecule has 0 spiro atoms. The van der Waals surface area contributed by atoms with Crippen molar-refractivity contribution in [1.82, 2.24) is 0 Å². The van der Waals surface area contributed by atoms with Crippen molar-refractivity contribution < 1.29 is 17.6 Å². The van der Waals surface area contributed by atoms with E-state index in [2.05, 4.69) is 0 Å². The highest BCUT2D eigenvalue weighted by Crippen LogP contribution is 2.50. The van der Waals surface area contributed by atoms with E-state index < -0.39 is 29.4 Å². The Kier molecular flexibility index (Phi) is 1.38. The average molecular weight is 178 g/mol. The van der Waals surface area contributed by atoms with Crippen LogP contribution in [0, 0.1) is 11.8 Å². The lowest BCUT2D eigenvalue weighted by atomic mass is 9.89. The van der Waals surface area contributed by atoms with Crippen molar-refractivity contribution in [3.8, 4) is 0 Å². The lowest BCUT2D eigenvalue weighted by molar-refractivity contribution is -0.0376. The summed E-state index contributed by atoms with van der Waals surface area (Å²) in [5, 5.41) is 0. The third-order valence-corrected chi connectivity index (χ3v) is 2.38. The van der Waals surface area contributed by atoms with Gasteiger partial charge >= 0.3 is 5.92 Å². The Labute approximate surface area is 66.6 Å². The summed E-state index contributed by atoms with van der Waals surface area (Å²) in [5.74, 6) is -8.72. The van der Waals surface area contributed by atoms with Gasteiger partial charge in [0.25, 0.3) is 0 Å². The Morgan fingerprint density at radius 3 is 2.58 bits per heavy atom. The molecule has 2 unspecified atom stereocenters. The van der Waals surface area contributed by atoms with Gasteiger partial charge < -0.3 is 0 Å². The van der Waals surface area contributed by atoms with E-state index in [-0.39, 0.29) is 6.42 Å². The third kappa shape index (κ3) is 0.778. The predicted octanol–water partition coefficient (Wildman–Crippen LogP) is 2.98. The van der Waals surface area contributed by atoms with Gasteiger partial charge in [-0.25, -0.2) is 8.78 Å². The van der Waals surface area contributed by atoms with Gasteiger partial charge in [0, 0.05) is 11.8 Å². The molecule has 0 aliphatic heterocycles. The smallest absolute Gasteiger partial charge is 0.208 e. The van der Waals surface area contributed by atoms with Gasteiger partial charge in [-0.1, -0.05) is 12.2 Å². The first-order valence-corrected chi connectivity index (χ1v) is 3.65. The summed E-state index contributed by atoms with van der Waals surface area (Å²) in [6.45, 7) is 0. The molecule has 0 radical (unpaired) electrons. The van der Waals surface area contributed by atoms with Gasteiger partial charge in [0.05, 0.1) is 0 Å². The van der Waals surface area contributed by atoms with E-state index >= 15 is 0 Å². The van der Waals surface area contributed by atoms with Gasteiger partial charge in [0.1, 0.15) is 5.83 Å². The Morgan fingerprint density at radius 2 is 1.92 bits per heavy atom. The van der Waals surface area contributed by atoms with Crippen LogP contribution in [0.25, 0.3) is 0 Å². The zero-order chi connectivity index (χ0) is 8.93. The Bertz CT molecular complexity index is 277. The monoisotopic (exact) mass is 178 g/mol. The first kappa shape index (κ1) is 7.83. The fourth-order valence-corrected chi connectivity index (χ4v) is 1.64. The van der Waals surface area contributed by atoms with Crippen LogP contribution in [0.4, 0.5) is 17.6 Å². The van der Waals surface area contributed by atoms with Crippen LogP contribution in [0.1, 0.15) is 6.42 Å². The number of hydrogen-bond donors (Lipinski definition) is 0. The molecule has 0 nitrogen and oxygen atoms in total. The number of rotatable bonds is 0. The third-order valence-electron chi connectivity index (χ3n) is 2.38. The molecule has 0 heterocycles. The molecule has 2 aliphatic carbocycles. The molecule has 0 aromatic carbocycles. The molecule has 0 aromatic heterocycles. The molecule has 2 bridgehead atoms. The molecule has 2 atom stereocenters. The minimum Gasteiger partial charge on any atom is -0.208 e. The molecular weight excluding hydrogens is 172 g/mol. The first-order chi connectivity index (χ1) is 5.53. The Morgan fingerprint density at radius 1 is 1.25 bits per heavy atom. The zero-order valence-corrected chi connectivity index (χ0v) is 6.03. The minimum atomic E-state index is -3.63. The molecule has 0 amide bonds. The largest absolute Gasteiger partial charge is 0.307 e. The van der Waals surface area contributed by atoms with Crippen LogP contribution in [0.3, 0.4) is 0 Å². The summed E-state index contributed by atoms with van der Waals surface area (Å²) in [6, 6.07) is 0. The predicted molar refractivity (Wildman–Crippen MR) is 34.9 cm³/mol. The maximum atomic E-state index is 12.8. The number of allylic oxidation sites excluding steroid dienone is 4. The van der Waals surface area contributed by atoms with Crippen LogP contribution < -0.4 is 0 Å². The molecule has 0 saturated carbocycles. The van der Waals surface area contributed by atoms with E-state index in [0.29, 0.717) is 0 Å². The second-order valence-electron chi connectivity index (χ2n) is 3.12. The molecule has 4 heteroatoms. The summed E-state index contributed by atoms with van der Waals surface area (Å²) in [7, 11) is 0. The van der Waals surface area contributed by atoms with E-state index in [1.165, 1.54) is 12.2 Å². The maximum absolute atomic E-state index is 12.8. The molecule has 0 fully saturated rings. The number of hydrogen-bond acceptors (Lipinski definition) is 0. The lowest BCUT2D eigenvalue weighted by Crippen LogP contribution is -2.31. The Balaban J connectivity index is 2.51. The Hall–Kier alpha value is -0.800. The molecular formula is C8H6F4. The summed E-state index contributed by atoms with van der Waals surface area (Å²) in [6.07, 6.45) is 2.49. The standard InChI is InChI=1S/C8H6F4/c9-6-4-1-2-5(3-4)8(11,12)7(6)10/h1-2,4-5H,3H2. The highest BCUT2D eigenvalue weighted by molar-refractivity contribution is 5.29. The fraction of sp³-hybridized carbons (Fsp3) is 0.500. The topological polar surface area (TPSA) is 0 Å². The van der Waals surface area contributed by atoms with Gasteiger partial charge in [-0.3, -0.25) is 0 Å². The van der Waals surface area contributed by atoms with Crippen molar-refractivity contribution >= 4 is 0 Å². The highest BCUT2D eigenvalue weighted by atomic mass is 19.3. The zero-order valence-electron chi connectivity index (χ0n) is 6.03. The van der Waals surface area contributed by atoms with E-state index in [1.807, 2.05) is 0 Å². The molecule has 2 rings (SSSR count). The lowest BCUT2D eigenvalue weighted by Gasteiger charge is -2.26. The molecule has 66 valence electrons. The molecule has 12 heavy (non-hydrogen) atoms. The summed E-state index contributed by atoms with van der Waals surface area (Å²) >= 11 is 0. The average Bonchev–Trinajstić information content (AvgIpc) is 2.46. The quantitative estimate of drug-likeness (QED) is 0.395. The second kappa shape index (κ2) is 2.12. The van der Waals surface area contributed by atoms with Crippen molar-refractivity contribution in [2.75, 3.05) is 0 Å². The van der Waals surface area contributed by atoms with Crippen LogP contribution in [-0.4, -0.2) is 5.92 Å². The van der Waals surface area contributed by atoms with Gasteiger partial charge in [-0.15, -0.1) is 0 Å². The van der Waals surface area contributed by atoms with Crippen molar-refractivity contribution in [2.45, 2.75) is 12.3 Å². The number of fused-ring (bicyclic) bond motifs is 2. The van der Waals surface area contributed by atoms with E-state index in [4.69, 9.17) is 0 Å². The number of alkyl halides is 2. The van der Waals surface area contributed by atoms with Crippen LogP contribution in [0.5, 0.6) is 0 Å². The molecule has 0 saturated heterocycles. The second-order valence-corrected chi connectivity index (χ2v) is 3.12. The number of halogens is 4.